The standard InChI is InChI=1S/C7H8O3S.Na.H2O/c1-6-2-4-7(5-3-6)11(8,9)10;;/h2-5H,1H3,(H,8,9,10);;1H2/q;+1;/p-1. The molecular formula is C7H9NaO4S. The molecule has 0 unspecified atom stereocenters. The molecular weight excluding hydrogens is 203 g/mol. The van der Waals surface area contributed by atoms with Gasteiger partial charge in [0.05, 0.1) is 4.90 Å². The van der Waals surface area contributed by atoms with Gasteiger partial charge in [0.1, 0.15) is 10.1 Å². The van der Waals surface area contributed by atoms with Crippen molar-refractivity contribution in [2.75, 3.05) is 0 Å². The summed E-state index contributed by atoms with van der Waals surface area (Å²) in [5.41, 5.74) is 0.928. The zero-order valence-corrected chi connectivity index (χ0v) is 10.3. The van der Waals surface area contributed by atoms with Crippen LogP contribution in [-0.2, 0) is 10.1 Å². The molecule has 0 heterocycles. The molecule has 4 nitrogen and oxygen atoms in total. The van der Waals surface area contributed by atoms with E-state index in [1.54, 1.807) is 12.1 Å². The van der Waals surface area contributed by atoms with Gasteiger partial charge in [0.2, 0.25) is 0 Å². The Hall–Kier alpha value is 0.0900. The summed E-state index contributed by atoms with van der Waals surface area (Å²) in [7, 11) is -4.27. The summed E-state index contributed by atoms with van der Waals surface area (Å²) < 4.78 is 31.2. The van der Waals surface area contributed by atoms with E-state index in [9.17, 15) is 13.0 Å². The van der Waals surface area contributed by atoms with Crippen molar-refractivity contribution in [1.29, 1.82) is 0 Å². The molecule has 0 aliphatic rings. The van der Waals surface area contributed by atoms with Gasteiger partial charge in [-0.1, -0.05) is 17.7 Å². The first kappa shape index (κ1) is 15.6. The average Bonchev–Trinajstić information content (AvgIpc) is 1.86. The fourth-order valence-corrected chi connectivity index (χ4v) is 1.17. The first-order valence-corrected chi connectivity index (χ1v) is 4.43. The van der Waals surface area contributed by atoms with Crippen molar-refractivity contribution in [3.05, 3.63) is 29.8 Å². The Balaban J connectivity index is 0. The molecule has 0 bridgehead atoms. The monoisotopic (exact) mass is 212 g/mol. The van der Waals surface area contributed by atoms with Crippen LogP contribution in [0, 0.1) is 6.92 Å². The number of rotatable bonds is 1. The Morgan fingerprint density at radius 2 is 1.54 bits per heavy atom. The van der Waals surface area contributed by atoms with Gasteiger partial charge in [0.25, 0.3) is 0 Å². The third kappa shape index (κ3) is 4.75. The van der Waals surface area contributed by atoms with Gasteiger partial charge >= 0.3 is 29.6 Å². The van der Waals surface area contributed by atoms with Crippen molar-refractivity contribution in [3.63, 3.8) is 0 Å². The third-order valence-corrected chi connectivity index (χ3v) is 2.16. The van der Waals surface area contributed by atoms with Crippen LogP contribution in [0.2, 0.25) is 0 Å². The van der Waals surface area contributed by atoms with Gasteiger partial charge in [-0.3, -0.25) is 0 Å². The van der Waals surface area contributed by atoms with Crippen LogP contribution in [0.25, 0.3) is 0 Å². The summed E-state index contributed by atoms with van der Waals surface area (Å²) in [6.07, 6.45) is 0. The molecule has 0 fully saturated rings. The Morgan fingerprint density at radius 1 is 1.15 bits per heavy atom. The maximum absolute atomic E-state index is 10.4. The number of hydrogen-bond acceptors (Lipinski definition) is 3. The first-order valence-electron chi connectivity index (χ1n) is 3.03. The summed E-state index contributed by atoms with van der Waals surface area (Å²) in [5.74, 6) is 0. The summed E-state index contributed by atoms with van der Waals surface area (Å²) in [4.78, 5) is -0.178. The molecule has 0 saturated heterocycles. The second-order valence-corrected chi connectivity index (χ2v) is 3.65. The van der Waals surface area contributed by atoms with Crippen molar-refractivity contribution in [1.82, 2.24) is 0 Å². The number of aryl methyl sites for hydroxylation is 1. The van der Waals surface area contributed by atoms with Gasteiger partial charge in [-0.15, -0.1) is 0 Å². The van der Waals surface area contributed by atoms with Gasteiger partial charge in [-0.25, -0.2) is 8.42 Å². The smallest absolute Gasteiger partial charge is 0.744 e. The number of hydrogen-bond donors (Lipinski definition) is 0. The quantitative estimate of drug-likeness (QED) is 0.369. The molecule has 1 aromatic rings. The van der Waals surface area contributed by atoms with Crippen LogP contribution in [0.15, 0.2) is 29.2 Å². The van der Waals surface area contributed by atoms with Gasteiger partial charge < -0.3 is 10.0 Å². The van der Waals surface area contributed by atoms with Crippen LogP contribution < -0.4 is 29.6 Å². The van der Waals surface area contributed by atoms with E-state index in [0.717, 1.165) is 5.56 Å². The molecule has 0 aliphatic carbocycles. The summed E-state index contributed by atoms with van der Waals surface area (Å²) in [6.45, 7) is 1.82. The van der Waals surface area contributed by atoms with Crippen LogP contribution in [-0.4, -0.2) is 18.4 Å². The molecule has 13 heavy (non-hydrogen) atoms. The van der Waals surface area contributed by atoms with E-state index >= 15 is 0 Å². The van der Waals surface area contributed by atoms with Gasteiger partial charge in [0.15, 0.2) is 0 Å². The fourth-order valence-electron chi connectivity index (χ4n) is 0.705. The van der Waals surface area contributed by atoms with Crippen LogP contribution >= 0.6 is 0 Å². The predicted molar refractivity (Wildman–Crippen MR) is 42.8 cm³/mol. The van der Waals surface area contributed by atoms with E-state index in [1.165, 1.54) is 12.1 Å². The van der Waals surface area contributed by atoms with E-state index in [4.69, 9.17) is 0 Å². The SMILES string of the molecule is Cc1ccc(S(=O)(=O)[O-])cc1.O.[Na+]. The largest absolute Gasteiger partial charge is 1.00 e. The zero-order valence-electron chi connectivity index (χ0n) is 7.44. The second-order valence-electron chi connectivity index (χ2n) is 2.27. The number of benzene rings is 1. The first-order chi connectivity index (χ1) is 5.00. The Labute approximate surface area is 99.3 Å². The normalized spacial score (nSPS) is 9.69. The van der Waals surface area contributed by atoms with E-state index < -0.39 is 10.1 Å². The fraction of sp³-hybridized carbons (Fsp3) is 0.143. The van der Waals surface area contributed by atoms with E-state index in [0.29, 0.717) is 0 Å². The molecule has 0 aliphatic heterocycles. The van der Waals surface area contributed by atoms with Crippen molar-refractivity contribution >= 4 is 10.1 Å². The zero-order chi connectivity index (χ0) is 8.48. The Bertz CT molecular complexity index is 343. The van der Waals surface area contributed by atoms with Crippen LogP contribution in [0.1, 0.15) is 5.56 Å². The van der Waals surface area contributed by atoms with Gasteiger partial charge in [-0.05, 0) is 19.1 Å². The second kappa shape index (κ2) is 5.74. The molecule has 1 aromatic carbocycles. The Morgan fingerprint density at radius 3 is 1.85 bits per heavy atom. The van der Waals surface area contributed by atoms with Crippen LogP contribution in [0.3, 0.4) is 0 Å². The van der Waals surface area contributed by atoms with E-state index in [2.05, 4.69) is 0 Å². The maximum atomic E-state index is 10.4. The van der Waals surface area contributed by atoms with E-state index in [-0.39, 0.29) is 39.9 Å². The molecule has 1 rings (SSSR count). The molecule has 0 aromatic heterocycles. The molecule has 0 amide bonds. The summed E-state index contributed by atoms with van der Waals surface area (Å²) in [6, 6.07) is 5.78. The van der Waals surface area contributed by atoms with Crippen molar-refractivity contribution < 1.29 is 48.0 Å². The van der Waals surface area contributed by atoms with E-state index in [1.807, 2.05) is 6.92 Å². The average molecular weight is 212 g/mol. The molecule has 0 radical (unpaired) electrons. The summed E-state index contributed by atoms with van der Waals surface area (Å²) in [5, 5.41) is 0. The third-order valence-electron chi connectivity index (χ3n) is 1.31. The van der Waals surface area contributed by atoms with Crippen molar-refractivity contribution in [3.8, 4) is 0 Å². The molecule has 6 heteroatoms. The van der Waals surface area contributed by atoms with Crippen LogP contribution in [0.5, 0.6) is 0 Å². The minimum Gasteiger partial charge on any atom is -0.744 e. The minimum absolute atomic E-state index is 0. The minimum atomic E-state index is -4.27. The van der Waals surface area contributed by atoms with Crippen LogP contribution in [0.4, 0.5) is 0 Å². The topological polar surface area (TPSA) is 88.7 Å². The van der Waals surface area contributed by atoms with Crippen molar-refractivity contribution in [2.45, 2.75) is 11.8 Å². The molecule has 0 atom stereocenters. The van der Waals surface area contributed by atoms with Gasteiger partial charge in [0, 0.05) is 0 Å². The maximum Gasteiger partial charge on any atom is 1.00 e. The molecule has 0 spiro atoms. The van der Waals surface area contributed by atoms with Crippen molar-refractivity contribution in [2.24, 2.45) is 0 Å². The molecule has 0 saturated carbocycles. The molecule has 68 valence electrons. The Kier molecular flexibility index (Phi) is 6.87. The summed E-state index contributed by atoms with van der Waals surface area (Å²) >= 11 is 0. The molecule has 2 N–H and O–H groups in total. The predicted octanol–water partition coefficient (Wildman–Crippen LogP) is -2.92. The van der Waals surface area contributed by atoms with Gasteiger partial charge in [-0.2, -0.15) is 0 Å².